The molecule has 0 radical (unpaired) electrons. The van der Waals surface area contributed by atoms with Gasteiger partial charge >= 0.3 is 0 Å². The molecule has 0 spiro atoms. The summed E-state index contributed by atoms with van der Waals surface area (Å²) in [5, 5.41) is 3.74. The molecule has 0 amide bonds. The number of hydrogen-bond donors (Lipinski definition) is 1. The number of hydrogen-bond acceptors (Lipinski definition) is 1. The van der Waals surface area contributed by atoms with E-state index in [0.717, 1.165) is 12.5 Å². The van der Waals surface area contributed by atoms with Gasteiger partial charge in [-0.15, -0.1) is 0 Å². The van der Waals surface area contributed by atoms with Crippen molar-refractivity contribution in [3.8, 4) is 0 Å². The monoisotopic (exact) mass is 273 g/mol. The summed E-state index contributed by atoms with van der Waals surface area (Å²) in [4.78, 5) is 0. The van der Waals surface area contributed by atoms with Gasteiger partial charge in [0, 0.05) is 6.04 Å². The highest BCUT2D eigenvalue weighted by molar-refractivity contribution is 5.31. The standard InChI is InChI=1S/C19H31N/c1-5-8-15-9-11-16(12-10-15)17-14-18(20-13-6-2)19(17,4)7-3/h9-12,17-18,20H,5-8,13-14H2,1-4H3. The minimum Gasteiger partial charge on any atom is -0.313 e. The average molecular weight is 273 g/mol. The molecular formula is C19H31N. The molecule has 0 aliphatic heterocycles. The van der Waals surface area contributed by atoms with Gasteiger partial charge in [-0.25, -0.2) is 0 Å². The van der Waals surface area contributed by atoms with Crippen LogP contribution in [0.2, 0.25) is 0 Å². The van der Waals surface area contributed by atoms with E-state index in [9.17, 15) is 0 Å². The van der Waals surface area contributed by atoms with Crippen LogP contribution >= 0.6 is 0 Å². The van der Waals surface area contributed by atoms with Crippen LogP contribution in [-0.4, -0.2) is 12.6 Å². The van der Waals surface area contributed by atoms with Gasteiger partial charge < -0.3 is 5.32 Å². The Hall–Kier alpha value is -0.820. The third kappa shape index (κ3) is 2.93. The summed E-state index contributed by atoms with van der Waals surface area (Å²) in [6, 6.07) is 10.1. The van der Waals surface area contributed by atoms with Gasteiger partial charge in [0.2, 0.25) is 0 Å². The Labute approximate surface area is 125 Å². The van der Waals surface area contributed by atoms with Crippen LogP contribution in [0.1, 0.15) is 70.4 Å². The van der Waals surface area contributed by atoms with E-state index in [1.165, 1.54) is 37.7 Å². The quantitative estimate of drug-likeness (QED) is 0.744. The second-order valence-electron chi connectivity index (χ2n) is 6.65. The Morgan fingerprint density at radius 2 is 1.80 bits per heavy atom. The van der Waals surface area contributed by atoms with E-state index in [4.69, 9.17) is 0 Å². The average Bonchev–Trinajstić information content (AvgIpc) is 2.47. The summed E-state index contributed by atoms with van der Waals surface area (Å²) >= 11 is 0. The van der Waals surface area contributed by atoms with Crippen LogP contribution in [0.5, 0.6) is 0 Å². The van der Waals surface area contributed by atoms with Crippen LogP contribution in [0.15, 0.2) is 24.3 Å². The van der Waals surface area contributed by atoms with Crippen molar-refractivity contribution in [3.63, 3.8) is 0 Å². The minimum atomic E-state index is 0.432. The molecule has 1 N–H and O–H groups in total. The largest absolute Gasteiger partial charge is 0.313 e. The van der Waals surface area contributed by atoms with E-state index < -0.39 is 0 Å². The summed E-state index contributed by atoms with van der Waals surface area (Å²) < 4.78 is 0. The lowest BCUT2D eigenvalue weighted by atomic mass is 9.54. The molecule has 1 heteroatoms. The van der Waals surface area contributed by atoms with Crippen molar-refractivity contribution in [3.05, 3.63) is 35.4 Å². The number of aryl methyl sites for hydroxylation is 1. The molecule has 3 atom stereocenters. The van der Waals surface area contributed by atoms with Gasteiger partial charge in [-0.2, -0.15) is 0 Å². The Kier molecular flexibility index (Phi) is 5.26. The Bertz CT molecular complexity index is 408. The van der Waals surface area contributed by atoms with Crippen LogP contribution in [0.4, 0.5) is 0 Å². The molecule has 0 heterocycles. The maximum Gasteiger partial charge on any atom is 0.0133 e. The smallest absolute Gasteiger partial charge is 0.0133 e. The normalized spacial score (nSPS) is 29.2. The zero-order valence-corrected chi connectivity index (χ0v) is 13.7. The molecule has 1 nitrogen and oxygen atoms in total. The predicted molar refractivity (Wildman–Crippen MR) is 88.3 cm³/mol. The van der Waals surface area contributed by atoms with Crippen LogP contribution in [-0.2, 0) is 6.42 Å². The fraction of sp³-hybridized carbons (Fsp3) is 0.684. The first-order valence-electron chi connectivity index (χ1n) is 8.47. The molecule has 0 aromatic heterocycles. The Balaban J connectivity index is 2.05. The molecule has 1 saturated carbocycles. The first-order valence-corrected chi connectivity index (χ1v) is 8.47. The molecule has 1 aliphatic carbocycles. The molecule has 1 aromatic rings. The van der Waals surface area contributed by atoms with Crippen molar-refractivity contribution in [2.45, 2.75) is 71.8 Å². The third-order valence-electron chi connectivity index (χ3n) is 5.39. The topological polar surface area (TPSA) is 12.0 Å². The van der Waals surface area contributed by atoms with Gasteiger partial charge in [-0.1, -0.05) is 58.4 Å². The van der Waals surface area contributed by atoms with Gasteiger partial charge in [-0.3, -0.25) is 0 Å². The van der Waals surface area contributed by atoms with Crippen molar-refractivity contribution < 1.29 is 0 Å². The molecule has 3 unspecified atom stereocenters. The zero-order valence-electron chi connectivity index (χ0n) is 13.7. The minimum absolute atomic E-state index is 0.432. The zero-order chi connectivity index (χ0) is 14.6. The highest BCUT2D eigenvalue weighted by atomic mass is 15.0. The lowest BCUT2D eigenvalue weighted by molar-refractivity contribution is 0.0445. The van der Waals surface area contributed by atoms with E-state index in [1.807, 2.05) is 0 Å². The van der Waals surface area contributed by atoms with E-state index >= 15 is 0 Å². The summed E-state index contributed by atoms with van der Waals surface area (Å²) in [5.74, 6) is 0.734. The second kappa shape index (κ2) is 6.76. The molecule has 20 heavy (non-hydrogen) atoms. The van der Waals surface area contributed by atoms with E-state index in [0.29, 0.717) is 11.5 Å². The molecule has 2 rings (SSSR count). The third-order valence-corrected chi connectivity index (χ3v) is 5.39. The van der Waals surface area contributed by atoms with Gasteiger partial charge in [0.05, 0.1) is 0 Å². The summed E-state index contributed by atoms with van der Waals surface area (Å²) in [5.41, 5.74) is 3.46. The highest BCUT2D eigenvalue weighted by Gasteiger charge is 2.50. The van der Waals surface area contributed by atoms with Gasteiger partial charge in [0.25, 0.3) is 0 Å². The highest BCUT2D eigenvalue weighted by Crippen LogP contribution is 2.54. The van der Waals surface area contributed by atoms with Crippen molar-refractivity contribution in [2.24, 2.45) is 5.41 Å². The molecule has 112 valence electrons. The fourth-order valence-electron chi connectivity index (χ4n) is 3.71. The molecule has 1 fully saturated rings. The fourth-order valence-corrected chi connectivity index (χ4v) is 3.71. The first kappa shape index (κ1) is 15.6. The number of nitrogens with one attached hydrogen (secondary N) is 1. The van der Waals surface area contributed by atoms with Crippen molar-refractivity contribution in [1.29, 1.82) is 0 Å². The maximum absolute atomic E-state index is 3.74. The van der Waals surface area contributed by atoms with Crippen molar-refractivity contribution in [1.82, 2.24) is 5.32 Å². The molecular weight excluding hydrogens is 242 g/mol. The molecule has 1 aliphatic rings. The maximum atomic E-state index is 3.74. The number of benzene rings is 1. The summed E-state index contributed by atoms with van der Waals surface area (Å²) in [6.45, 7) is 10.5. The predicted octanol–water partition coefficient (Wildman–Crippen LogP) is 4.91. The SMILES string of the molecule is CCCNC1CC(c2ccc(CCC)cc2)C1(C)CC. The van der Waals surface area contributed by atoms with Crippen LogP contribution in [0.3, 0.4) is 0 Å². The number of rotatable bonds is 7. The van der Waals surface area contributed by atoms with E-state index in [1.54, 1.807) is 5.56 Å². The molecule has 0 saturated heterocycles. The van der Waals surface area contributed by atoms with Crippen molar-refractivity contribution >= 4 is 0 Å². The first-order chi connectivity index (χ1) is 9.65. The van der Waals surface area contributed by atoms with Crippen molar-refractivity contribution in [2.75, 3.05) is 6.54 Å². The van der Waals surface area contributed by atoms with E-state index in [2.05, 4.69) is 57.3 Å². The molecule has 1 aromatic carbocycles. The van der Waals surface area contributed by atoms with E-state index in [-0.39, 0.29) is 0 Å². The summed E-state index contributed by atoms with van der Waals surface area (Å²) in [6.07, 6.45) is 6.23. The van der Waals surface area contributed by atoms with Crippen LogP contribution < -0.4 is 5.32 Å². The van der Waals surface area contributed by atoms with Gasteiger partial charge in [0.1, 0.15) is 0 Å². The lowest BCUT2D eigenvalue weighted by Crippen LogP contribution is -2.56. The van der Waals surface area contributed by atoms with Gasteiger partial charge in [0.15, 0.2) is 0 Å². The van der Waals surface area contributed by atoms with Crippen LogP contribution in [0.25, 0.3) is 0 Å². The Morgan fingerprint density at radius 1 is 1.10 bits per heavy atom. The second-order valence-corrected chi connectivity index (χ2v) is 6.65. The lowest BCUT2D eigenvalue weighted by Gasteiger charge is -2.55. The Morgan fingerprint density at radius 3 is 2.35 bits per heavy atom. The van der Waals surface area contributed by atoms with Gasteiger partial charge in [-0.05, 0) is 54.7 Å². The molecule has 0 bridgehead atoms. The van der Waals surface area contributed by atoms with Crippen LogP contribution in [0, 0.1) is 5.41 Å². The summed E-state index contributed by atoms with van der Waals surface area (Å²) in [7, 11) is 0.